The van der Waals surface area contributed by atoms with Crippen LogP contribution in [-0.2, 0) is 5.41 Å². The minimum absolute atomic E-state index is 0.363. The molecule has 0 amide bonds. The fourth-order valence-corrected chi connectivity index (χ4v) is 9.73. The van der Waals surface area contributed by atoms with E-state index >= 15 is 0 Å². The maximum Gasteiger partial charge on any atom is 0.0714 e. The first kappa shape index (κ1) is 32.5. The van der Waals surface area contributed by atoms with E-state index in [0.29, 0.717) is 5.92 Å². The van der Waals surface area contributed by atoms with Crippen LogP contribution in [0.3, 0.4) is 0 Å². The number of hydrogen-bond donors (Lipinski definition) is 0. The molecular weight excluding hydrogens is 675 g/mol. The average molecular weight is 714 g/mol. The van der Waals surface area contributed by atoms with Crippen molar-refractivity contribution in [1.82, 2.24) is 0 Å². The molecule has 3 aliphatic carbocycles. The summed E-state index contributed by atoms with van der Waals surface area (Å²) < 4.78 is 0. The van der Waals surface area contributed by atoms with Gasteiger partial charge in [0.15, 0.2) is 0 Å². The lowest BCUT2D eigenvalue weighted by Crippen LogP contribution is -2.33. The zero-order chi connectivity index (χ0) is 37.1. The molecule has 8 aromatic carbocycles. The molecule has 0 fully saturated rings. The third-order valence-electron chi connectivity index (χ3n) is 12.3. The first-order valence-electron chi connectivity index (χ1n) is 19.7. The molecule has 0 spiro atoms. The van der Waals surface area contributed by atoms with Crippen LogP contribution >= 0.6 is 0 Å². The smallest absolute Gasteiger partial charge is 0.0714 e. The van der Waals surface area contributed by atoms with Gasteiger partial charge in [-0.3, -0.25) is 0 Å². The largest absolute Gasteiger partial charge is 0.310 e. The number of rotatable bonds is 6. The lowest BCUT2D eigenvalue weighted by Gasteiger charge is -2.35. The van der Waals surface area contributed by atoms with Gasteiger partial charge in [-0.1, -0.05) is 182 Å². The minimum atomic E-state index is -0.483. The molecule has 3 aliphatic rings. The van der Waals surface area contributed by atoms with E-state index < -0.39 is 5.41 Å². The highest BCUT2D eigenvalue weighted by Gasteiger charge is 2.46. The number of anilines is 2. The van der Waals surface area contributed by atoms with Gasteiger partial charge < -0.3 is 4.90 Å². The SMILES string of the molecule is C1=CC2CC=c3ccccc3=C2C=C1N(c1ccc(-c2cccc3ccccc23)cc1)c1ccc2c(c1)C(c1ccccc1)(c1ccccc1)c1ccccc1-2. The highest BCUT2D eigenvalue weighted by Crippen LogP contribution is 2.57. The zero-order valence-electron chi connectivity index (χ0n) is 31.0. The number of benzene rings is 8. The molecule has 0 radical (unpaired) electrons. The molecule has 0 heterocycles. The molecule has 264 valence electrons. The van der Waals surface area contributed by atoms with Gasteiger partial charge in [0.2, 0.25) is 0 Å². The maximum absolute atomic E-state index is 2.47. The third-order valence-corrected chi connectivity index (χ3v) is 12.3. The number of fused-ring (bicyclic) bond motifs is 6. The average Bonchev–Trinajstić information content (AvgIpc) is 3.57. The Balaban J connectivity index is 1.14. The molecule has 1 unspecified atom stereocenters. The summed E-state index contributed by atoms with van der Waals surface area (Å²) in [5, 5.41) is 5.17. The predicted molar refractivity (Wildman–Crippen MR) is 234 cm³/mol. The van der Waals surface area contributed by atoms with Gasteiger partial charge >= 0.3 is 0 Å². The quantitative estimate of drug-likeness (QED) is 0.166. The monoisotopic (exact) mass is 713 g/mol. The van der Waals surface area contributed by atoms with Crippen molar-refractivity contribution in [3.8, 4) is 22.3 Å². The van der Waals surface area contributed by atoms with Gasteiger partial charge in [0.1, 0.15) is 0 Å². The van der Waals surface area contributed by atoms with Crippen LogP contribution < -0.4 is 15.3 Å². The number of allylic oxidation sites excluding steroid dienone is 3. The summed E-state index contributed by atoms with van der Waals surface area (Å²) in [4.78, 5) is 2.47. The van der Waals surface area contributed by atoms with E-state index in [2.05, 4.69) is 223 Å². The van der Waals surface area contributed by atoms with Crippen molar-refractivity contribution < 1.29 is 0 Å². The van der Waals surface area contributed by atoms with Gasteiger partial charge in [0, 0.05) is 23.0 Å². The Morgan fingerprint density at radius 3 is 1.96 bits per heavy atom. The summed E-state index contributed by atoms with van der Waals surface area (Å²) in [5.74, 6) is 0.363. The fourth-order valence-electron chi connectivity index (χ4n) is 9.73. The molecule has 8 aromatic rings. The molecule has 0 aromatic heterocycles. The van der Waals surface area contributed by atoms with E-state index in [0.717, 1.165) is 23.5 Å². The predicted octanol–water partition coefficient (Wildman–Crippen LogP) is 12.1. The molecule has 0 saturated heterocycles. The van der Waals surface area contributed by atoms with Crippen LogP contribution in [0.4, 0.5) is 11.4 Å². The molecule has 1 atom stereocenters. The van der Waals surface area contributed by atoms with Crippen molar-refractivity contribution in [3.05, 3.63) is 251 Å². The standard InChI is InChI=1S/C55H39N/c1-3-17-42(18-4-1)55(43-19-5-2-6-20-43)53-25-12-11-23-50(53)51-35-34-46(37-54(51)55)56(45-33-30-41-27-26-39-15-8-10-22-49(39)52(41)36-45)44-31-28-40(29-32-44)48-24-13-16-38-14-7-9-21-47(38)48/h1-26,28-37,41H,27H2. The lowest BCUT2D eigenvalue weighted by atomic mass is 9.67. The Kier molecular flexibility index (Phi) is 7.60. The van der Waals surface area contributed by atoms with Crippen molar-refractivity contribution in [2.75, 3.05) is 4.90 Å². The highest BCUT2D eigenvalue weighted by molar-refractivity contribution is 5.97. The molecule has 11 rings (SSSR count). The highest BCUT2D eigenvalue weighted by atomic mass is 15.1. The molecule has 1 heteroatoms. The Hall–Kier alpha value is -6.96. The molecule has 56 heavy (non-hydrogen) atoms. The number of hydrogen-bond acceptors (Lipinski definition) is 1. The van der Waals surface area contributed by atoms with Crippen molar-refractivity contribution in [1.29, 1.82) is 0 Å². The topological polar surface area (TPSA) is 3.24 Å². The van der Waals surface area contributed by atoms with E-state index in [1.54, 1.807) is 0 Å². The minimum Gasteiger partial charge on any atom is -0.310 e. The first-order valence-corrected chi connectivity index (χ1v) is 19.7. The van der Waals surface area contributed by atoms with Crippen LogP contribution in [-0.4, -0.2) is 0 Å². The summed E-state index contributed by atoms with van der Waals surface area (Å²) in [6.45, 7) is 0. The Morgan fingerprint density at radius 2 is 1.14 bits per heavy atom. The van der Waals surface area contributed by atoms with Gasteiger partial charge in [0.25, 0.3) is 0 Å². The van der Waals surface area contributed by atoms with Crippen LogP contribution in [0.2, 0.25) is 0 Å². The van der Waals surface area contributed by atoms with Crippen LogP contribution in [0, 0.1) is 5.92 Å². The van der Waals surface area contributed by atoms with E-state index in [-0.39, 0.29) is 0 Å². The van der Waals surface area contributed by atoms with Gasteiger partial charge in [-0.25, -0.2) is 0 Å². The van der Waals surface area contributed by atoms with Crippen molar-refractivity contribution in [2.24, 2.45) is 5.92 Å². The van der Waals surface area contributed by atoms with Crippen molar-refractivity contribution in [3.63, 3.8) is 0 Å². The Bertz CT molecular complexity index is 2940. The number of nitrogens with zero attached hydrogens (tertiary/aromatic N) is 1. The van der Waals surface area contributed by atoms with Crippen LogP contribution in [0.25, 0.3) is 44.7 Å². The molecular formula is C55H39N. The van der Waals surface area contributed by atoms with Gasteiger partial charge in [-0.05, 0) is 114 Å². The second kappa shape index (κ2) is 13.1. The first-order chi connectivity index (χ1) is 27.8. The Morgan fingerprint density at radius 1 is 0.500 bits per heavy atom. The molecule has 0 aliphatic heterocycles. The van der Waals surface area contributed by atoms with Gasteiger partial charge in [0.05, 0.1) is 5.41 Å². The van der Waals surface area contributed by atoms with E-state index in [4.69, 9.17) is 0 Å². The summed E-state index contributed by atoms with van der Waals surface area (Å²) >= 11 is 0. The van der Waals surface area contributed by atoms with Crippen molar-refractivity contribution in [2.45, 2.75) is 11.8 Å². The summed E-state index contributed by atoms with van der Waals surface area (Å²) in [5.41, 5.74) is 14.5. The van der Waals surface area contributed by atoms with Gasteiger partial charge in [-0.15, -0.1) is 0 Å². The Labute approximate surface area is 328 Å². The second-order valence-corrected chi connectivity index (χ2v) is 15.2. The van der Waals surface area contributed by atoms with Crippen molar-refractivity contribution >= 4 is 33.8 Å². The molecule has 0 bridgehead atoms. The lowest BCUT2D eigenvalue weighted by molar-refractivity contribution is 0.768. The van der Waals surface area contributed by atoms with Crippen LogP contribution in [0.5, 0.6) is 0 Å². The normalized spacial score (nSPS) is 15.9. The van der Waals surface area contributed by atoms with Crippen LogP contribution in [0.1, 0.15) is 28.7 Å². The van der Waals surface area contributed by atoms with E-state index in [9.17, 15) is 0 Å². The van der Waals surface area contributed by atoms with Crippen LogP contribution in [0.15, 0.2) is 218 Å². The second-order valence-electron chi connectivity index (χ2n) is 15.2. The maximum atomic E-state index is 2.47. The fraction of sp³-hybridized carbons (Fsp3) is 0.0545. The molecule has 0 N–H and O–H groups in total. The molecule has 0 saturated carbocycles. The van der Waals surface area contributed by atoms with E-state index in [1.807, 2.05) is 0 Å². The third kappa shape index (κ3) is 5.01. The van der Waals surface area contributed by atoms with Gasteiger partial charge in [-0.2, -0.15) is 0 Å². The summed E-state index contributed by atoms with van der Waals surface area (Å²) in [6, 6.07) is 71.6. The zero-order valence-corrected chi connectivity index (χ0v) is 31.0. The summed E-state index contributed by atoms with van der Waals surface area (Å²) in [7, 11) is 0. The summed E-state index contributed by atoms with van der Waals surface area (Å²) in [6.07, 6.45) is 10.6. The molecule has 1 nitrogen and oxygen atoms in total. The van der Waals surface area contributed by atoms with E-state index in [1.165, 1.54) is 71.3 Å².